The Labute approximate surface area is 78.5 Å². The molecule has 0 saturated carbocycles. The number of hydrogen-bond donors (Lipinski definition) is 1. The fourth-order valence-corrected chi connectivity index (χ4v) is 1.12. The zero-order valence-corrected chi connectivity index (χ0v) is 7.45. The first kappa shape index (κ1) is 11.0. The first-order valence-corrected chi connectivity index (χ1v) is 4.01. The third-order valence-electron chi connectivity index (χ3n) is 1.73. The SMILES string of the molecule is C[C@H](N)Cc1c(F)c(F)cc(F)c1F. The molecule has 0 saturated heterocycles. The van der Waals surface area contributed by atoms with Gasteiger partial charge in [-0.15, -0.1) is 0 Å². The van der Waals surface area contributed by atoms with Crippen LogP contribution in [0.15, 0.2) is 6.07 Å². The monoisotopic (exact) mass is 207 g/mol. The molecule has 78 valence electrons. The van der Waals surface area contributed by atoms with Gasteiger partial charge in [-0.25, -0.2) is 17.6 Å². The Balaban J connectivity index is 3.25. The molecule has 1 aromatic carbocycles. The van der Waals surface area contributed by atoms with E-state index in [0.717, 1.165) is 0 Å². The van der Waals surface area contributed by atoms with Gasteiger partial charge in [0.25, 0.3) is 0 Å². The van der Waals surface area contributed by atoms with Crippen LogP contribution in [-0.4, -0.2) is 6.04 Å². The van der Waals surface area contributed by atoms with Gasteiger partial charge in [-0.2, -0.15) is 0 Å². The third kappa shape index (κ3) is 2.04. The summed E-state index contributed by atoms with van der Waals surface area (Å²) in [5.41, 5.74) is 4.64. The number of benzene rings is 1. The van der Waals surface area contributed by atoms with Crippen molar-refractivity contribution in [3.05, 3.63) is 34.9 Å². The largest absolute Gasteiger partial charge is 0.328 e. The summed E-state index contributed by atoms with van der Waals surface area (Å²) in [5, 5.41) is 0. The molecule has 1 nitrogen and oxygen atoms in total. The lowest BCUT2D eigenvalue weighted by molar-refractivity contribution is 0.435. The van der Waals surface area contributed by atoms with E-state index in [0.29, 0.717) is 0 Å². The van der Waals surface area contributed by atoms with Crippen LogP contribution in [-0.2, 0) is 6.42 Å². The van der Waals surface area contributed by atoms with Crippen LogP contribution in [0.2, 0.25) is 0 Å². The molecular formula is C9H9F4N. The molecule has 5 heteroatoms. The normalized spacial score (nSPS) is 13.0. The summed E-state index contributed by atoms with van der Waals surface area (Å²) >= 11 is 0. The van der Waals surface area contributed by atoms with Crippen molar-refractivity contribution in [1.29, 1.82) is 0 Å². The summed E-state index contributed by atoms with van der Waals surface area (Å²) in [6.07, 6.45) is -0.244. The molecule has 14 heavy (non-hydrogen) atoms. The minimum atomic E-state index is -1.40. The topological polar surface area (TPSA) is 26.0 Å². The maximum absolute atomic E-state index is 13.0. The lowest BCUT2D eigenvalue weighted by atomic mass is 10.1. The van der Waals surface area contributed by atoms with E-state index in [1.54, 1.807) is 0 Å². The zero-order chi connectivity index (χ0) is 10.9. The second-order valence-electron chi connectivity index (χ2n) is 3.13. The van der Waals surface area contributed by atoms with Crippen molar-refractivity contribution in [2.45, 2.75) is 19.4 Å². The van der Waals surface area contributed by atoms with Crippen LogP contribution in [0.3, 0.4) is 0 Å². The highest BCUT2D eigenvalue weighted by molar-refractivity contribution is 5.23. The van der Waals surface area contributed by atoms with Gasteiger partial charge in [0.1, 0.15) is 0 Å². The van der Waals surface area contributed by atoms with Crippen LogP contribution in [0.25, 0.3) is 0 Å². The smallest absolute Gasteiger partial charge is 0.165 e. The van der Waals surface area contributed by atoms with E-state index < -0.39 is 34.9 Å². The van der Waals surface area contributed by atoms with Crippen LogP contribution in [0.1, 0.15) is 12.5 Å². The van der Waals surface area contributed by atoms with Gasteiger partial charge in [-0.1, -0.05) is 0 Å². The van der Waals surface area contributed by atoms with Gasteiger partial charge < -0.3 is 5.73 Å². The molecule has 0 bridgehead atoms. The van der Waals surface area contributed by atoms with E-state index in [4.69, 9.17) is 5.73 Å². The molecular weight excluding hydrogens is 198 g/mol. The lowest BCUT2D eigenvalue weighted by Gasteiger charge is -2.08. The molecule has 1 rings (SSSR count). The summed E-state index contributed by atoms with van der Waals surface area (Å²) in [5.74, 6) is -5.55. The molecule has 0 aromatic heterocycles. The Hall–Kier alpha value is -1.10. The Morgan fingerprint density at radius 2 is 1.57 bits per heavy atom. The van der Waals surface area contributed by atoms with Crippen molar-refractivity contribution in [1.82, 2.24) is 0 Å². The first-order chi connectivity index (χ1) is 6.43. The molecule has 0 amide bonds. The van der Waals surface area contributed by atoms with Gasteiger partial charge in [0, 0.05) is 17.7 Å². The molecule has 1 aromatic rings. The van der Waals surface area contributed by atoms with E-state index in [2.05, 4.69) is 0 Å². The number of rotatable bonds is 2. The minimum Gasteiger partial charge on any atom is -0.328 e. The second-order valence-corrected chi connectivity index (χ2v) is 3.13. The number of hydrogen-bond acceptors (Lipinski definition) is 1. The lowest BCUT2D eigenvalue weighted by Crippen LogP contribution is -2.20. The third-order valence-corrected chi connectivity index (χ3v) is 1.73. The summed E-state index contributed by atoms with van der Waals surface area (Å²) in [6.45, 7) is 1.49. The number of halogens is 4. The Morgan fingerprint density at radius 1 is 1.14 bits per heavy atom. The van der Waals surface area contributed by atoms with Crippen LogP contribution in [0.4, 0.5) is 17.6 Å². The molecule has 0 heterocycles. The van der Waals surface area contributed by atoms with Gasteiger partial charge in [-0.3, -0.25) is 0 Å². The first-order valence-electron chi connectivity index (χ1n) is 4.01. The molecule has 0 fully saturated rings. The molecule has 0 spiro atoms. The quantitative estimate of drug-likeness (QED) is 0.583. The van der Waals surface area contributed by atoms with E-state index in [1.807, 2.05) is 0 Å². The van der Waals surface area contributed by atoms with Gasteiger partial charge in [-0.05, 0) is 13.3 Å². The molecule has 2 N–H and O–H groups in total. The Bertz CT molecular complexity index is 323. The summed E-state index contributed by atoms with van der Waals surface area (Å²) in [7, 11) is 0. The van der Waals surface area contributed by atoms with E-state index >= 15 is 0 Å². The van der Waals surface area contributed by atoms with Crippen LogP contribution >= 0.6 is 0 Å². The van der Waals surface area contributed by atoms with Crippen molar-refractivity contribution in [3.8, 4) is 0 Å². The van der Waals surface area contributed by atoms with Crippen LogP contribution in [0, 0.1) is 23.3 Å². The van der Waals surface area contributed by atoms with Crippen molar-refractivity contribution in [2.75, 3.05) is 0 Å². The average Bonchev–Trinajstić information content (AvgIpc) is 2.09. The fraction of sp³-hybridized carbons (Fsp3) is 0.333. The van der Waals surface area contributed by atoms with Crippen molar-refractivity contribution in [2.24, 2.45) is 5.73 Å². The van der Waals surface area contributed by atoms with Crippen molar-refractivity contribution in [3.63, 3.8) is 0 Å². The predicted octanol–water partition coefficient (Wildman–Crippen LogP) is 2.13. The average molecular weight is 207 g/mol. The predicted molar refractivity (Wildman–Crippen MR) is 43.6 cm³/mol. The molecule has 0 radical (unpaired) electrons. The highest BCUT2D eigenvalue weighted by atomic mass is 19.2. The van der Waals surface area contributed by atoms with Gasteiger partial charge >= 0.3 is 0 Å². The van der Waals surface area contributed by atoms with Gasteiger partial charge in [0.15, 0.2) is 23.3 Å². The van der Waals surface area contributed by atoms with E-state index in [-0.39, 0.29) is 12.5 Å². The molecule has 0 unspecified atom stereocenters. The Kier molecular flexibility index (Phi) is 3.10. The second kappa shape index (κ2) is 3.96. The van der Waals surface area contributed by atoms with E-state index in [1.165, 1.54) is 6.92 Å². The standard InChI is InChI=1S/C9H9F4N/c1-4(14)2-5-8(12)6(10)3-7(11)9(5)13/h3-4H,2,14H2,1H3/t4-/m0/s1. The summed E-state index contributed by atoms with van der Waals surface area (Å²) in [4.78, 5) is 0. The van der Waals surface area contributed by atoms with Crippen molar-refractivity contribution >= 4 is 0 Å². The van der Waals surface area contributed by atoms with Crippen LogP contribution in [0.5, 0.6) is 0 Å². The molecule has 0 aliphatic rings. The van der Waals surface area contributed by atoms with Crippen LogP contribution < -0.4 is 5.73 Å². The zero-order valence-electron chi connectivity index (χ0n) is 7.45. The summed E-state index contributed by atoms with van der Waals surface area (Å²) in [6, 6.07) is -0.393. The highest BCUT2D eigenvalue weighted by Gasteiger charge is 2.19. The molecule has 1 atom stereocenters. The maximum atomic E-state index is 13.0. The molecule has 0 aliphatic carbocycles. The number of nitrogens with two attached hydrogens (primary N) is 1. The fourth-order valence-electron chi connectivity index (χ4n) is 1.12. The Morgan fingerprint density at radius 3 is 1.93 bits per heavy atom. The molecule has 0 aliphatic heterocycles. The van der Waals surface area contributed by atoms with Gasteiger partial charge in [0.2, 0.25) is 0 Å². The minimum absolute atomic E-state index is 0.176. The summed E-state index contributed by atoms with van der Waals surface area (Å²) < 4.78 is 51.2. The maximum Gasteiger partial charge on any atom is 0.165 e. The highest BCUT2D eigenvalue weighted by Crippen LogP contribution is 2.20. The van der Waals surface area contributed by atoms with Gasteiger partial charge in [0.05, 0.1) is 0 Å². The van der Waals surface area contributed by atoms with Crippen molar-refractivity contribution < 1.29 is 17.6 Å². The van der Waals surface area contributed by atoms with E-state index in [9.17, 15) is 17.6 Å².